The minimum Gasteiger partial charge on any atom is -0.396 e. The molecule has 1 aliphatic rings. The first-order valence-corrected chi connectivity index (χ1v) is 10.7. The Kier molecular flexibility index (Phi) is 3.82. The maximum atomic E-state index is 13.1. The summed E-state index contributed by atoms with van der Waals surface area (Å²) in [4.78, 5) is 9.07. The normalized spacial score (nSPS) is 19.9. The second-order valence-electron chi connectivity index (χ2n) is 7.48. The van der Waals surface area contributed by atoms with Crippen molar-refractivity contribution in [1.82, 2.24) is 18.5 Å². The Morgan fingerprint density at radius 3 is 2.61 bits per heavy atom. The highest BCUT2D eigenvalue weighted by Gasteiger charge is 2.31. The Labute approximate surface area is 162 Å². The van der Waals surface area contributed by atoms with Crippen molar-refractivity contribution in [2.24, 2.45) is 5.92 Å². The van der Waals surface area contributed by atoms with Gasteiger partial charge in [-0.1, -0.05) is 17.7 Å². The van der Waals surface area contributed by atoms with Crippen molar-refractivity contribution >= 4 is 32.1 Å². The molecule has 1 saturated carbocycles. The van der Waals surface area contributed by atoms with Gasteiger partial charge >= 0.3 is 0 Å². The lowest BCUT2D eigenvalue weighted by Gasteiger charge is -2.35. The van der Waals surface area contributed by atoms with Crippen LogP contribution in [0, 0.1) is 12.8 Å². The number of aryl methyl sites for hydroxylation is 1. The molecule has 0 radical (unpaired) electrons. The number of nitrogens with zero attached hydrogens (tertiary/aromatic N) is 4. The largest absolute Gasteiger partial charge is 0.396 e. The number of hydrogen-bond acceptors (Lipinski definition) is 5. The van der Waals surface area contributed by atoms with Crippen LogP contribution in [-0.2, 0) is 10.0 Å². The molecule has 8 heteroatoms. The molecule has 0 spiro atoms. The van der Waals surface area contributed by atoms with E-state index in [0.717, 1.165) is 34.8 Å². The fraction of sp³-hybridized carbons (Fsp3) is 0.300. The van der Waals surface area contributed by atoms with Gasteiger partial charge in [-0.2, -0.15) is 0 Å². The maximum absolute atomic E-state index is 13.1. The Morgan fingerprint density at radius 2 is 1.89 bits per heavy atom. The lowest BCUT2D eigenvalue weighted by Crippen LogP contribution is -2.28. The molecule has 0 aliphatic heterocycles. The summed E-state index contributed by atoms with van der Waals surface area (Å²) in [5.41, 5.74) is 3.03. The van der Waals surface area contributed by atoms with Gasteiger partial charge in [0.2, 0.25) is 0 Å². The molecule has 1 fully saturated rings. The van der Waals surface area contributed by atoms with E-state index in [4.69, 9.17) is 0 Å². The Balaban J connectivity index is 1.66. The predicted molar refractivity (Wildman–Crippen MR) is 106 cm³/mol. The molecule has 0 unspecified atom stereocenters. The number of hydrogen-bond donors (Lipinski definition) is 1. The van der Waals surface area contributed by atoms with Gasteiger partial charge in [0.15, 0.2) is 5.65 Å². The molecule has 0 amide bonds. The van der Waals surface area contributed by atoms with Gasteiger partial charge < -0.3 is 9.67 Å². The number of aliphatic hydroxyl groups excluding tert-OH is 1. The lowest BCUT2D eigenvalue weighted by molar-refractivity contribution is 0.114. The molecule has 1 aliphatic carbocycles. The number of pyridine rings is 1. The van der Waals surface area contributed by atoms with Crippen LogP contribution in [-0.4, -0.2) is 38.6 Å². The molecule has 3 aromatic heterocycles. The summed E-state index contributed by atoms with van der Waals surface area (Å²) >= 11 is 0. The third kappa shape index (κ3) is 2.48. The summed E-state index contributed by atoms with van der Waals surface area (Å²) < 4.78 is 29.6. The van der Waals surface area contributed by atoms with Crippen LogP contribution in [0.15, 0.2) is 53.9 Å². The van der Waals surface area contributed by atoms with E-state index in [-0.39, 0.29) is 17.5 Å². The molecular formula is C20H20N4O3S. The number of aliphatic hydroxyl groups is 1. The molecular weight excluding hydrogens is 376 g/mol. The molecule has 3 heterocycles. The van der Waals surface area contributed by atoms with Crippen LogP contribution < -0.4 is 0 Å². The summed E-state index contributed by atoms with van der Waals surface area (Å²) in [5, 5.41) is 10.1. The van der Waals surface area contributed by atoms with Gasteiger partial charge in [-0.3, -0.25) is 0 Å². The number of fused-ring (bicyclic) bond motifs is 3. The van der Waals surface area contributed by atoms with E-state index in [1.807, 2.05) is 6.92 Å². The Morgan fingerprint density at radius 1 is 1.14 bits per heavy atom. The quantitative estimate of drug-likeness (QED) is 0.573. The molecule has 28 heavy (non-hydrogen) atoms. The van der Waals surface area contributed by atoms with Gasteiger partial charge in [0, 0.05) is 24.2 Å². The maximum Gasteiger partial charge on any atom is 0.269 e. The summed E-state index contributed by atoms with van der Waals surface area (Å²) in [6.07, 6.45) is 6.76. The van der Waals surface area contributed by atoms with Gasteiger partial charge in [0.1, 0.15) is 5.52 Å². The monoisotopic (exact) mass is 396 g/mol. The van der Waals surface area contributed by atoms with E-state index in [1.165, 1.54) is 3.97 Å². The summed E-state index contributed by atoms with van der Waals surface area (Å²) in [7, 11) is -3.74. The fourth-order valence-electron chi connectivity index (χ4n) is 3.96. The summed E-state index contributed by atoms with van der Waals surface area (Å²) in [5.74, 6) is 0.325. The molecule has 0 saturated heterocycles. The molecule has 5 rings (SSSR count). The standard InChI is InChI=1S/C20H20N4O3S/c1-13-2-4-16(5-3-13)28(26,27)24-7-6-17-19-18(10-21-20(17)24)22-12-23(19)15-8-14(9-15)11-25/h2-7,10,12,14-15,25H,8-9,11H2,1H3. The van der Waals surface area contributed by atoms with Crippen LogP contribution in [0.4, 0.5) is 0 Å². The van der Waals surface area contributed by atoms with Crippen LogP contribution in [0.3, 0.4) is 0 Å². The fourth-order valence-corrected chi connectivity index (χ4v) is 5.26. The second kappa shape index (κ2) is 6.15. The van der Waals surface area contributed by atoms with Crippen LogP contribution >= 0.6 is 0 Å². The number of rotatable bonds is 4. The van der Waals surface area contributed by atoms with Gasteiger partial charge in [0.05, 0.1) is 22.9 Å². The minimum absolute atomic E-state index is 0.200. The molecule has 4 aromatic rings. The zero-order valence-electron chi connectivity index (χ0n) is 15.4. The first kappa shape index (κ1) is 17.4. The molecule has 7 nitrogen and oxygen atoms in total. The van der Waals surface area contributed by atoms with Crippen molar-refractivity contribution in [3.8, 4) is 0 Å². The molecule has 1 N–H and O–H groups in total. The average Bonchev–Trinajstić information content (AvgIpc) is 3.25. The molecule has 1 aromatic carbocycles. The van der Waals surface area contributed by atoms with Crippen molar-refractivity contribution in [3.05, 3.63) is 54.6 Å². The predicted octanol–water partition coefficient (Wildman–Crippen LogP) is 2.87. The molecule has 144 valence electrons. The number of aromatic nitrogens is 4. The third-order valence-electron chi connectivity index (χ3n) is 5.65. The first-order chi connectivity index (χ1) is 13.5. The SMILES string of the molecule is Cc1ccc(S(=O)(=O)n2ccc3c4c(cnc32)ncn4C2CC(CO)C2)cc1. The van der Waals surface area contributed by atoms with Crippen molar-refractivity contribution in [3.63, 3.8) is 0 Å². The Hall–Kier alpha value is -2.71. The van der Waals surface area contributed by atoms with Gasteiger partial charge in [-0.25, -0.2) is 22.4 Å². The lowest BCUT2D eigenvalue weighted by atomic mass is 9.80. The summed E-state index contributed by atoms with van der Waals surface area (Å²) in [6.45, 7) is 2.12. The van der Waals surface area contributed by atoms with Crippen molar-refractivity contribution < 1.29 is 13.5 Å². The average molecular weight is 396 g/mol. The molecule has 0 bridgehead atoms. The Bertz CT molecular complexity index is 1280. The van der Waals surface area contributed by atoms with E-state index in [0.29, 0.717) is 11.6 Å². The van der Waals surface area contributed by atoms with E-state index in [9.17, 15) is 13.5 Å². The summed E-state index contributed by atoms with van der Waals surface area (Å²) in [6, 6.07) is 8.85. The number of imidazole rings is 1. The smallest absolute Gasteiger partial charge is 0.269 e. The van der Waals surface area contributed by atoms with Crippen molar-refractivity contribution in [1.29, 1.82) is 0 Å². The highest BCUT2D eigenvalue weighted by molar-refractivity contribution is 7.90. The van der Waals surface area contributed by atoms with Crippen LogP contribution in [0.1, 0.15) is 24.4 Å². The van der Waals surface area contributed by atoms with Crippen molar-refractivity contribution in [2.75, 3.05) is 6.61 Å². The van der Waals surface area contributed by atoms with E-state index >= 15 is 0 Å². The van der Waals surface area contributed by atoms with E-state index in [2.05, 4.69) is 14.5 Å². The van der Waals surface area contributed by atoms with Crippen LogP contribution in [0.5, 0.6) is 0 Å². The highest BCUT2D eigenvalue weighted by Crippen LogP contribution is 2.40. The topological polar surface area (TPSA) is 90.0 Å². The zero-order valence-corrected chi connectivity index (χ0v) is 16.2. The minimum atomic E-state index is -3.74. The van der Waals surface area contributed by atoms with Crippen LogP contribution in [0.2, 0.25) is 0 Å². The van der Waals surface area contributed by atoms with Gasteiger partial charge in [-0.05, 0) is 43.9 Å². The van der Waals surface area contributed by atoms with Crippen LogP contribution in [0.25, 0.3) is 22.1 Å². The zero-order chi connectivity index (χ0) is 19.5. The van der Waals surface area contributed by atoms with E-state index < -0.39 is 10.0 Å². The first-order valence-electron chi connectivity index (χ1n) is 9.24. The number of benzene rings is 1. The van der Waals surface area contributed by atoms with Gasteiger partial charge in [0.25, 0.3) is 10.0 Å². The third-order valence-corrected chi connectivity index (χ3v) is 7.33. The highest BCUT2D eigenvalue weighted by atomic mass is 32.2. The molecule has 0 atom stereocenters. The second-order valence-corrected chi connectivity index (χ2v) is 9.30. The van der Waals surface area contributed by atoms with Crippen molar-refractivity contribution in [2.45, 2.75) is 30.7 Å². The van der Waals surface area contributed by atoms with Gasteiger partial charge in [-0.15, -0.1) is 0 Å². The van der Waals surface area contributed by atoms with E-state index in [1.54, 1.807) is 49.1 Å².